The van der Waals surface area contributed by atoms with E-state index in [1.807, 2.05) is 24.3 Å². The van der Waals surface area contributed by atoms with Gasteiger partial charge in [-0.05, 0) is 30.2 Å². The summed E-state index contributed by atoms with van der Waals surface area (Å²) in [6.07, 6.45) is 2.06. The van der Waals surface area contributed by atoms with Crippen LogP contribution in [-0.4, -0.2) is 32.5 Å². The van der Waals surface area contributed by atoms with Crippen LogP contribution in [-0.2, 0) is 33.4 Å². The van der Waals surface area contributed by atoms with Crippen molar-refractivity contribution in [3.05, 3.63) is 95.9 Å². The Morgan fingerprint density at radius 2 is 1.65 bits per heavy atom. The Kier molecular flexibility index (Phi) is 6.98. The Morgan fingerprint density at radius 1 is 0.971 bits per heavy atom. The van der Waals surface area contributed by atoms with Gasteiger partial charge in [0, 0.05) is 29.2 Å². The van der Waals surface area contributed by atoms with Crippen molar-refractivity contribution >= 4 is 26.6 Å². The summed E-state index contributed by atoms with van der Waals surface area (Å²) in [4.78, 5) is 12.7. The van der Waals surface area contributed by atoms with Crippen LogP contribution in [0.5, 0.6) is 5.75 Å². The number of rotatable bonds is 9. The minimum atomic E-state index is -3.84. The lowest BCUT2D eigenvalue weighted by molar-refractivity contribution is -0.121. The van der Waals surface area contributed by atoms with E-state index in [1.54, 1.807) is 42.0 Å². The molecule has 34 heavy (non-hydrogen) atoms. The van der Waals surface area contributed by atoms with Gasteiger partial charge in [0.2, 0.25) is 5.91 Å². The van der Waals surface area contributed by atoms with E-state index < -0.39 is 21.4 Å². The molecular weight excluding hydrogens is 455 g/mol. The molecule has 1 amide bonds. The first-order valence-electron chi connectivity index (χ1n) is 10.8. The Labute approximate surface area is 197 Å². The average molecular weight is 481 g/mol. The van der Waals surface area contributed by atoms with Crippen molar-refractivity contribution < 1.29 is 22.3 Å². The minimum Gasteiger partial charge on any atom is -0.496 e. The smallest absolute Gasteiger partial charge is 0.239 e. The average Bonchev–Trinajstić information content (AvgIpc) is 3.20. The molecule has 8 heteroatoms. The van der Waals surface area contributed by atoms with E-state index in [9.17, 15) is 17.6 Å². The van der Waals surface area contributed by atoms with E-state index in [4.69, 9.17) is 4.74 Å². The largest absolute Gasteiger partial charge is 0.496 e. The van der Waals surface area contributed by atoms with Gasteiger partial charge in [-0.15, -0.1) is 0 Å². The van der Waals surface area contributed by atoms with Crippen molar-refractivity contribution in [1.82, 2.24) is 9.88 Å². The van der Waals surface area contributed by atoms with Crippen LogP contribution in [0.2, 0.25) is 0 Å². The summed E-state index contributed by atoms with van der Waals surface area (Å²) in [6, 6.07) is 20.4. The molecule has 1 N–H and O–H groups in total. The van der Waals surface area contributed by atoms with E-state index in [2.05, 4.69) is 5.32 Å². The quantitative estimate of drug-likeness (QED) is 0.391. The number of methoxy groups -OCH3 is 1. The zero-order valence-electron chi connectivity index (χ0n) is 18.7. The highest BCUT2D eigenvalue weighted by Gasteiger charge is 2.23. The number of fused-ring (bicyclic) bond motifs is 1. The molecule has 1 heterocycles. The third-order valence-corrected chi connectivity index (χ3v) is 7.30. The molecule has 0 aliphatic rings. The van der Waals surface area contributed by atoms with E-state index in [0.717, 1.165) is 11.3 Å². The first kappa shape index (κ1) is 23.5. The van der Waals surface area contributed by atoms with Gasteiger partial charge in [0.1, 0.15) is 18.1 Å². The van der Waals surface area contributed by atoms with Gasteiger partial charge in [-0.2, -0.15) is 0 Å². The lowest BCUT2D eigenvalue weighted by Gasteiger charge is -2.10. The van der Waals surface area contributed by atoms with Crippen LogP contribution >= 0.6 is 0 Å². The number of halogens is 1. The molecule has 0 aliphatic heterocycles. The SMILES string of the molecule is COc1ccccc1CCNC(=O)Cn1cc(S(=O)(=O)Cc2ccccc2F)c2ccccc21. The van der Waals surface area contributed by atoms with Gasteiger partial charge in [0.05, 0.1) is 17.8 Å². The van der Waals surface area contributed by atoms with Crippen LogP contribution < -0.4 is 10.1 Å². The van der Waals surface area contributed by atoms with Gasteiger partial charge in [0.25, 0.3) is 0 Å². The number of nitrogens with zero attached hydrogens (tertiary/aromatic N) is 1. The van der Waals surface area contributed by atoms with Crippen LogP contribution in [0.25, 0.3) is 10.9 Å². The number of para-hydroxylation sites is 2. The monoisotopic (exact) mass is 480 g/mol. The molecule has 0 radical (unpaired) electrons. The fraction of sp³-hybridized carbons (Fsp3) is 0.192. The van der Waals surface area contributed by atoms with Crippen LogP contribution in [0.15, 0.2) is 83.9 Å². The maximum absolute atomic E-state index is 14.1. The van der Waals surface area contributed by atoms with Gasteiger partial charge in [0.15, 0.2) is 9.84 Å². The van der Waals surface area contributed by atoms with Gasteiger partial charge in [-0.25, -0.2) is 12.8 Å². The van der Waals surface area contributed by atoms with Crippen molar-refractivity contribution in [2.45, 2.75) is 23.6 Å². The molecule has 0 atom stereocenters. The lowest BCUT2D eigenvalue weighted by atomic mass is 10.1. The number of carbonyl (C=O) groups excluding carboxylic acids is 1. The molecule has 176 valence electrons. The number of aromatic nitrogens is 1. The van der Waals surface area contributed by atoms with E-state index in [-0.39, 0.29) is 22.9 Å². The number of ether oxygens (including phenoxy) is 1. The number of hydrogen-bond acceptors (Lipinski definition) is 4. The van der Waals surface area contributed by atoms with Crippen LogP contribution in [0.4, 0.5) is 4.39 Å². The predicted molar refractivity (Wildman–Crippen MR) is 129 cm³/mol. The van der Waals surface area contributed by atoms with Crippen LogP contribution in [0.1, 0.15) is 11.1 Å². The first-order chi connectivity index (χ1) is 16.4. The summed E-state index contributed by atoms with van der Waals surface area (Å²) in [5.41, 5.74) is 1.71. The van der Waals surface area contributed by atoms with Gasteiger partial charge < -0.3 is 14.6 Å². The Hall–Kier alpha value is -3.65. The van der Waals surface area contributed by atoms with E-state index in [0.29, 0.717) is 23.9 Å². The number of amides is 1. The number of nitrogens with one attached hydrogen (secondary N) is 1. The third kappa shape index (κ3) is 5.12. The minimum absolute atomic E-state index is 0.0400. The number of hydrogen-bond donors (Lipinski definition) is 1. The fourth-order valence-electron chi connectivity index (χ4n) is 3.95. The maximum Gasteiger partial charge on any atom is 0.239 e. The highest BCUT2D eigenvalue weighted by molar-refractivity contribution is 7.90. The topological polar surface area (TPSA) is 77.4 Å². The highest BCUT2D eigenvalue weighted by atomic mass is 32.2. The maximum atomic E-state index is 14.1. The highest BCUT2D eigenvalue weighted by Crippen LogP contribution is 2.28. The standard InChI is InChI=1S/C26H25FN2O4S/c1-33-24-13-7-3-8-19(24)14-15-28-26(30)17-29-16-25(21-10-4-6-12-23(21)29)34(31,32)18-20-9-2-5-11-22(20)27/h2-13,16H,14-15,17-18H2,1H3,(H,28,30). The molecule has 0 spiro atoms. The molecule has 0 bridgehead atoms. The molecule has 0 saturated heterocycles. The predicted octanol–water partition coefficient (Wildman–Crippen LogP) is 4.12. The lowest BCUT2D eigenvalue weighted by Crippen LogP contribution is -2.29. The summed E-state index contributed by atoms with van der Waals surface area (Å²) in [5.74, 6) is -0.505. The molecule has 3 aromatic carbocycles. The molecule has 6 nitrogen and oxygen atoms in total. The summed E-state index contributed by atoms with van der Waals surface area (Å²) >= 11 is 0. The molecule has 0 aliphatic carbocycles. The van der Waals surface area contributed by atoms with Crippen molar-refractivity contribution in [2.75, 3.05) is 13.7 Å². The van der Waals surface area contributed by atoms with Gasteiger partial charge in [-0.1, -0.05) is 54.6 Å². The first-order valence-corrected chi connectivity index (χ1v) is 12.5. The molecule has 1 aromatic heterocycles. The number of sulfone groups is 1. The van der Waals surface area contributed by atoms with E-state index >= 15 is 0 Å². The van der Waals surface area contributed by atoms with Crippen molar-refractivity contribution in [3.63, 3.8) is 0 Å². The summed E-state index contributed by atoms with van der Waals surface area (Å²) < 4.78 is 47.4. The fourth-order valence-corrected chi connectivity index (χ4v) is 5.54. The second-order valence-corrected chi connectivity index (χ2v) is 9.86. The van der Waals surface area contributed by atoms with E-state index in [1.165, 1.54) is 24.4 Å². The van der Waals surface area contributed by atoms with Crippen molar-refractivity contribution in [2.24, 2.45) is 0 Å². The van der Waals surface area contributed by atoms with Gasteiger partial charge in [-0.3, -0.25) is 4.79 Å². The number of carbonyl (C=O) groups is 1. The number of benzene rings is 3. The zero-order valence-corrected chi connectivity index (χ0v) is 19.5. The van der Waals surface area contributed by atoms with Gasteiger partial charge >= 0.3 is 0 Å². The molecule has 0 unspecified atom stereocenters. The second kappa shape index (κ2) is 10.1. The normalized spacial score (nSPS) is 11.5. The third-order valence-electron chi connectivity index (χ3n) is 5.61. The van der Waals surface area contributed by atoms with Crippen LogP contribution in [0.3, 0.4) is 0 Å². The summed E-state index contributed by atoms with van der Waals surface area (Å²) in [7, 11) is -2.24. The van der Waals surface area contributed by atoms with Crippen molar-refractivity contribution in [1.29, 1.82) is 0 Å². The van der Waals surface area contributed by atoms with Crippen LogP contribution in [0, 0.1) is 5.82 Å². The Balaban J connectivity index is 1.51. The molecule has 0 saturated carbocycles. The summed E-state index contributed by atoms with van der Waals surface area (Å²) in [5, 5.41) is 3.38. The summed E-state index contributed by atoms with van der Waals surface area (Å²) in [6.45, 7) is 0.374. The molecule has 4 rings (SSSR count). The second-order valence-electron chi connectivity index (χ2n) is 7.90. The molecule has 4 aromatic rings. The zero-order chi connectivity index (χ0) is 24.1. The molecular formula is C26H25FN2O4S. The molecule has 0 fully saturated rings. The Morgan fingerprint density at radius 3 is 2.41 bits per heavy atom. The van der Waals surface area contributed by atoms with Crippen molar-refractivity contribution in [3.8, 4) is 5.75 Å². The Bertz CT molecular complexity index is 1430.